The van der Waals surface area contributed by atoms with E-state index in [1.54, 1.807) is 19.2 Å². The molecule has 3 aliphatic rings. The molecule has 0 N–H and O–H groups in total. The van der Waals surface area contributed by atoms with Crippen molar-refractivity contribution in [1.29, 1.82) is 0 Å². The molecule has 0 bridgehead atoms. The summed E-state index contributed by atoms with van der Waals surface area (Å²) in [4.78, 5) is 12.0. The minimum atomic E-state index is -6.30. The van der Waals surface area contributed by atoms with Gasteiger partial charge in [0, 0.05) is 29.5 Å². The van der Waals surface area contributed by atoms with Crippen LogP contribution in [0.3, 0.4) is 0 Å². The minimum Gasteiger partial charge on any atom is -0.493 e. The van der Waals surface area contributed by atoms with Gasteiger partial charge in [0.05, 0.1) is 11.5 Å². The second-order valence-corrected chi connectivity index (χ2v) is 14.5. The highest BCUT2D eigenvalue weighted by Crippen LogP contribution is 2.57. The van der Waals surface area contributed by atoms with Crippen LogP contribution in [0.15, 0.2) is 47.4 Å². The molecule has 2 aliphatic heterocycles. The molecule has 1 saturated carbocycles. The number of sulfone groups is 1. The van der Waals surface area contributed by atoms with Gasteiger partial charge in [0.25, 0.3) is 0 Å². The summed E-state index contributed by atoms with van der Waals surface area (Å²) in [5, 5.41) is 0.719. The largest absolute Gasteiger partial charge is 0.493 e. The Kier molecular flexibility index (Phi) is 9.34. The standard InChI is InChI=1S/C22H21F7NO3PS.C7H12O/c1-30-9-8-19(35(31,32)16-5-3-15(34)4-6-16)14(11-30)12-33-18-10-13(2-7-17(18)19)20(23,21(24,25)26)22(27,28)29;1-6-2-3-7(4-6)5-8/h2-7,10,14H,8-9,11-12,34H2,1H3;5-7H,2-4H2,1H3. The third kappa shape index (κ3) is 5.93. The molecule has 5 atom stereocenters. The Morgan fingerprint density at radius 1 is 1.00 bits per heavy atom. The molecular formula is C29H33F7NO4PS. The van der Waals surface area contributed by atoms with Gasteiger partial charge >= 0.3 is 18.0 Å². The topological polar surface area (TPSA) is 63.7 Å². The third-order valence-corrected chi connectivity index (χ3v) is 11.7. The summed E-state index contributed by atoms with van der Waals surface area (Å²) in [5.41, 5.74) is -7.45. The highest BCUT2D eigenvalue weighted by atomic mass is 32.2. The van der Waals surface area contributed by atoms with E-state index in [4.69, 9.17) is 4.74 Å². The van der Waals surface area contributed by atoms with Crippen LogP contribution in [0.4, 0.5) is 30.7 Å². The van der Waals surface area contributed by atoms with Crippen LogP contribution in [0.2, 0.25) is 0 Å². The van der Waals surface area contributed by atoms with Gasteiger partial charge in [0.15, 0.2) is 9.84 Å². The van der Waals surface area contributed by atoms with E-state index in [1.807, 2.05) is 4.90 Å². The van der Waals surface area contributed by atoms with Crippen LogP contribution in [0.1, 0.15) is 43.7 Å². The number of alkyl halides is 7. The van der Waals surface area contributed by atoms with Crippen molar-refractivity contribution in [3.05, 3.63) is 53.6 Å². The Morgan fingerprint density at radius 2 is 1.63 bits per heavy atom. The van der Waals surface area contributed by atoms with E-state index in [0.717, 1.165) is 36.4 Å². The number of hydrogen-bond acceptors (Lipinski definition) is 5. The van der Waals surface area contributed by atoms with Crippen molar-refractivity contribution in [3.8, 4) is 5.75 Å². The molecule has 5 rings (SSSR count). The van der Waals surface area contributed by atoms with Crippen LogP contribution in [0, 0.1) is 17.8 Å². The number of halogens is 7. The lowest BCUT2D eigenvalue weighted by Crippen LogP contribution is -2.57. The molecule has 0 radical (unpaired) electrons. The van der Waals surface area contributed by atoms with Gasteiger partial charge in [-0.3, -0.25) is 0 Å². The number of likely N-dealkylation sites (tertiary alicyclic amines) is 1. The monoisotopic (exact) mass is 655 g/mol. The molecule has 2 aromatic carbocycles. The van der Waals surface area contributed by atoms with Crippen LogP contribution in [0.5, 0.6) is 5.75 Å². The quantitative estimate of drug-likeness (QED) is 0.226. The average Bonchev–Trinajstić information content (AvgIpc) is 3.36. The number of aldehydes is 1. The van der Waals surface area contributed by atoms with Crippen LogP contribution in [-0.4, -0.2) is 58.7 Å². The smallest absolute Gasteiger partial charge is 0.435 e. The van der Waals surface area contributed by atoms with E-state index in [0.29, 0.717) is 24.6 Å². The fraction of sp³-hybridized carbons (Fsp3) is 0.552. The fourth-order valence-corrected chi connectivity index (χ4v) is 8.84. The summed E-state index contributed by atoms with van der Waals surface area (Å²) < 4.78 is 126. The summed E-state index contributed by atoms with van der Waals surface area (Å²) in [6.07, 6.45) is -7.96. The maximum Gasteiger partial charge on any atom is 0.435 e. The Hall–Kier alpha value is -2.24. The van der Waals surface area contributed by atoms with Crippen LogP contribution < -0.4 is 10.0 Å². The molecule has 5 unspecified atom stereocenters. The third-order valence-electron chi connectivity index (χ3n) is 8.71. The number of ether oxygens (including phenoxy) is 1. The highest BCUT2D eigenvalue weighted by Gasteiger charge is 2.73. The van der Waals surface area contributed by atoms with Gasteiger partial charge in [0.1, 0.15) is 16.8 Å². The van der Waals surface area contributed by atoms with Gasteiger partial charge < -0.3 is 14.4 Å². The second kappa shape index (κ2) is 11.9. The zero-order valence-electron chi connectivity index (χ0n) is 23.5. The molecule has 2 heterocycles. The molecule has 0 amide bonds. The van der Waals surface area contributed by atoms with E-state index in [-0.39, 0.29) is 30.0 Å². The van der Waals surface area contributed by atoms with Crippen molar-refractivity contribution >= 4 is 30.7 Å². The first-order chi connectivity index (χ1) is 19.9. The molecule has 5 nitrogen and oxygen atoms in total. The Balaban J connectivity index is 0.000000458. The van der Waals surface area contributed by atoms with E-state index in [9.17, 15) is 43.9 Å². The van der Waals surface area contributed by atoms with Crippen molar-refractivity contribution in [2.24, 2.45) is 17.8 Å². The normalized spacial score (nSPS) is 26.4. The summed E-state index contributed by atoms with van der Waals surface area (Å²) in [5.74, 6) is 0.0147. The van der Waals surface area contributed by atoms with Gasteiger partial charge in [-0.1, -0.05) is 37.6 Å². The minimum absolute atomic E-state index is 0.0220. The number of nitrogens with zero attached hydrogens (tertiary/aromatic N) is 1. The average molecular weight is 656 g/mol. The number of piperidine rings is 1. The van der Waals surface area contributed by atoms with E-state index in [1.165, 1.54) is 18.6 Å². The molecule has 238 valence electrons. The first-order valence-electron chi connectivity index (χ1n) is 13.7. The summed E-state index contributed by atoms with van der Waals surface area (Å²) in [6, 6.07) is 7.42. The van der Waals surface area contributed by atoms with Gasteiger partial charge in [-0.05, 0) is 62.3 Å². The number of hydrogen-bond donors (Lipinski definition) is 0. The molecular weight excluding hydrogens is 622 g/mol. The maximum absolute atomic E-state index is 14.7. The molecule has 1 aliphatic carbocycles. The Morgan fingerprint density at radius 3 is 2.14 bits per heavy atom. The number of fused-ring (bicyclic) bond motifs is 3. The van der Waals surface area contributed by atoms with Crippen LogP contribution in [-0.2, 0) is 25.0 Å². The van der Waals surface area contributed by atoms with Gasteiger partial charge in [-0.25, -0.2) is 12.8 Å². The molecule has 14 heteroatoms. The highest BCUT2D eigenvalue weighted by molar-refractivity contribution is 7.92. The first kappa shape index (κ1) is 33.6. The second-order valence-electron chi connectivity index (χ2n) is 11.7. The van der Waals surface area contributed by atoms with Crippen molar-refractivity contribution in [2.75, 3.05) is 26.7 Å². The predicted molar refractivity (Wildman–Crippen MR) is 150 cm³/mol. The number of benzene rings is 2. The SMILES string of the molecule is CC1CCC(C=O)C1.CN1CCC2(S(=O)(=O)c3ccc(P)cc3)c3ccc(C(F)(C(F)(F)F)C(F)(F)F)cc3OCC2C1. The number of carbonyl (C=O) groups excluding carboxylic acids is 1. The number of rotatable bonds is 4. The predicted octanol–water partition coefficient (Wildman–Crippen LogP) is 6.11. The lowest BCUT2D eigenvalue weighted by molar-refractivity contribution is -0.348. The zero-order valence-corrected chi connectivity index (χ0v) is 25.5. The maximum atomic E-state index is 14.7. The summed E-state index contributed by atoms with van der Waals surface area (Å²) in [7, 11) is -0.0147. The van der Waals surface area contributed by atoms with Gasteiger partial charge in [0.2, 0.25) is 0 Å². The molecule has 0 spiro atoms. The lowest BCUT2D eigenvalue weighted by atomic mass is 9.77. The van der Waals surface area contributed by atoms with Crippen molar-refractivity contribution in [2.45, 2.75) is 60.3 Å². The van der Waals surface area contributed by atoms with E-state index >= 15 is 0 Å². The molecule has 2 fully saturated rings. The van der Waals surface area contributed by atoms with Crippen molar-refractivity contribution in [3.63, 3.8) is 0 Å². The first-order valence-corrected chi connectivity index (χ1v) is 15.8. The van der Waals surface area contributed by atoms with E-state index < -0.39 is 49.8 Å². The van der Waals surface area contributed by atoms with Gasteiger partial charge in [-0.2, -0.15) is 26.3 Å². The van der Waals surface area contributed by atoms with Crippen LogP contribution >= 0.6 is 9.24 Å². The Labute approximate surface area is 248 Å². The molecule has 1 saturated heterocycles. The molecule has 0 aromatic heterocycles. The van der Waals surface area contributed by atoms with Gasteiger partial charge in [-0.15, -0.1) is 9.24 Å². The summed E-state index contributed by atoms with van der Waals surface area (Å²) >= 11 is 0. The molecule has 2 aromatic rings. The number of carbonyl (C=O) groups is 1. The fourth-order valence-electron chi connectivity index (χ4n) is 6.33. The van der Waals surface area contributed by atoms with Crippen molar-refractivity contribution in [1.82, 2.24) is 4.90 Å². The zero-order chi connectivity index (χ0) is 32.0. The lowest BCUT2D eigenvalue weighted by Gasteiger charge is -2.49. The Bertz CT molecular complexity index is 1420. The molecule has 43 heavy (non-hydrogen) atoms. The van der Waals surface area contributed by atoms with Crippen molar-refractivity contribution < 1.29 is 48.7 Å². The summed E-state index contributed by atoms with van der Waals surface area (Å²) in [6.45, 7) is 2.50. The van der Waals surface area contributed by atoms with Crippen LogP contribution in [0.25, 0.3) is 0 Å². The van der Waals surface area contributed by atoms with E-state index in [2.05, 4.69) is 16.2 Å².